The van der Waals surface area contributed by atoms with Gasteiger partial charge >= 0.3 is 5.97 Å². The highest BCUT2D eigenvalue weighted by molar-refractivity contribution is 5.97. The van der Waals surface area contributed by atoms with Gasteiger partial charge in [0.2, 0.25) is 0 Å². The Labute approximate surface area is 180 Å². The third-order valence-corrected chi connectivity index (χ3v) is 4.47. The molecule has 1 N–H and O–H groups in total. The molecule has 0 radical (unpaired) electrons. The highest BCUT2D eigenvalue weighted by Gasteiger charge is 2.21. The lowest BCUT2D eigenvalue weighted by Crippen LogP contribution is -2.29. The monoisotopic (exact) mass is 418 g/mol. The van der Waals surface area contributed by atoms with Crippen molar-refractivity contribution in [3.05, 3.63) is 65.9 Å². The van der Waals surface area contributed by atoms with Crippen LogP contribution in [-0.2, 0) is 9.53 Å². The number of esters is 1. The summed E-state index contributed by atoms with van der Waals surface area (Å²) in [5, 5.41) is 15.6. The summed E-state index contributed by atoms with van der Waals surface area (Å²) >= 11 is 0. The number of nitrogens with one attached hydrogen (secondary N) is 1. The van der Waals surface area contributed by atoms with Crippen LogP contribution >= 0.6 is 0 Å². The Bertz CT molecular complexity index is 1110. The van der Waals surface area contributed by atoms with Gasteiger partial charge < -0.3 is 14.8 Å². The van der Waals surface area contributed by atoms with E-state index in [2.05, 4.69) is 10.4 Å². The summed E-state index contributed by atoms with van der Waals surface area (Å²) in [5.74, 6) is -0.525. The van der Waals surface area contributed by atoms with Crippen molar-refractivity contribution in [1.29, 1.82) is 5.26 Å². The number of nitriles is 1. The number of ether oxygens (including phenoxy) is 2. The van der Waals surface area contributed by atoms with E-state index in [1.54, 1.807) is 36.2 Å². The van der Waals surface area contributed by atoms with Gasteiger partial charge in [-0.05, 0) is 31.2 Å². The van der Waals surface area contributed by atoms with Gasteiger partial charge in [0, 0.05) is 18.3 Å². The SMILES string of the molecule is COc1cccc(-c2nn(-c3ccc(C)cc3)cc2C(=O)OCC(=O)NCCC#N)c1. The van der Waals surface area contributed by atoms with E-state index in [1.807, 2.05) is 43.3 Å². The Hall–Kier alpha value is -4.12. The van der Waals surface area contributed by atoms with E-state index in [0.717, 1.165) is 11.3 Å². The lowest BCUT2D eigenvalue weighted by Gasteiger charge is -2.06. The highest BCUT2D eigenvalue weighted by Crippen LogP contribution is 2.27. The van der Waals surface area contributed by atoms with Crippen LogP contribution < -0.4 is 10.1 Å². The number of hydrogen-bond donors (Lipinski definition) is 1. The van der Waals surface area contributed by atoms with Gasteiger partial charge in [-0.25, -0.2) is 9.48 Å². The summed E-state index contributed by atoms with van der Waals surface area (Å²) in [5.41, 5.74) is 3.19. The molecule has 0 aliphatic carbocycles. The molecule has 0 atom stereocenters. The molecule has 0 unspecified atom stereocenters. The normalized spacial score (nSPS) is 10.2. The second-order valence-corrected chi connectivity index (χ2v) is 6.74. The van der Waals surface area contributed by atoms with Crippen molar-refractivity contribution in [3.8, 4) is 28.8 Å². The van der Waals surface area contributed by atoms with E-state index >= 15 is 0 Å². The summed E-state index contributed by atoms with van der Waals surface area (Å²) in [6, 6.07) is 16.8. The van der Waals surface area contributed by atoms with Gasteiger partial charge in [-0.2, -0.15) is 10.4 Å². The Balaban J connectivity index is 1.89. The van der Waals surface area contributed by atoms with Crippen LogP contribution in [0.15, 0.2) is 54.7 Å². The molecular weight excluding hydrogens is 396 g/mol. The molecule has 158 valence electrons. The molecule has 0 bridgehead atoms. The lowest BCUT2D eigenvalue weighted by molar-refractivity contribution is -0.124. The van der Waals surface area contributed by atoms with E-state index in [-0.39, 0.29) is 18.5 Å². The minimum Gasteiger partial charge on any atom is -0.497 e. The second-order valence-electron chi connectivity index (χ2n) is 6.74. The molecule has 8 heteroatoms. The van der Waals surface area contributed by atoms with Crippen LogP contribution in [0, 0.1) is 18.3 Å². The maximum atomic E-state index is 12.8. The number of hydrogen-bond acceptors (Lipinski definition) is 6. The molecule has 0 saturated carbocycles. The predicted octanol–water partition coefficient (Wildman–Crippen LogP) is 3.04. The van der Waals surface area contributed by atoms with Crippen molar-refractivity contribution in [2.75, 3.05) is 20.3 Å². The molecule has 3 rings (SSSR count). The molecule has 3 aromatic rings. The molecule has 2 aromatic carbocycles. The number of methoxy groups -OCH3 is 1. The number of carbonyl (C=O) groups excluding carboxylic acids is 2. The van der Waals surface area contributed by atoms with Crippen LogP contribution in [0.5, 0.6) is 5.75 Å². The average Bonchev–Trinajstić information content (AvgIpc) is 3.24. The third-order valence-electron chi connectivity index (χ3n) is 4.47. The van der Waals surface area contributed by atoms with Crippen LogP contribution in [0.3, 0.4) is 0 Å². The third kappa shape index (κ3) is 5.48. The Morgan fingerprint density at radius 3 is 2.68 bits per heavy atom. The zero-order valence-electron chi connectivity index (χ0n) is 17.3. The van der Waals surface area contributed by atoms with Crippen molar-refractivity contribution in [3.63, 3.8) is 0 Å². The lowest BCUT2D eigenvalue weighted by atomic mass is 10.1. The van der Waals surface area contributed by atoms with E-state index in [9.17, 15) is 9.59 Å². The first-order valence-corrected chi connectivity index (χ1v) is 9.63. The van der Waals surface area contributed by atoms with Gasteiger partial charge in [0.1, 0.15) is 17.0 Å². The molecule has 0 fully saturated rings. The molecule has 1 aromatic heterocycles. The second kappa shape index (κ2) is 10.1. The summed E-state index contributed by atoms with van der Waals surface area (Å²) in [4.78, 5) is 24.6. The Kier molecular flexibility index (Phi) is 7.01. The number of nitrogens with zero attached hydrogens (tertiary/aromatic N) is 3. The van der Waals surface area contributed by atoms with Gasteiger partial charge in [0.25, 0.3) is 5.91 Å². The number of rotatable bonds is 8. The van der Waals surface area contributed by atoms with Crippen molar-refractivity contribution < 1.29 is 19.1 Å². The van der Waals surface area contributed by atoms with E-state index in [4.69, 9.17) is 14.7 Å². The standard InChI is InChI=1S/C23H22N4O4/c1-16-7-9-18(10-8-16)27-14-20(23(29)31-15-21(28)25-12-4-11-24)22(26-27)17-5-3-6-19(13-17)30-2/h3,5-10,13-14H,4,12,15H2,1-2H3,(H,25,28). The van der Waals surface area contributed by atoms with Gasteiger partial charge in [-0.3, -0.25) is 4.79 Å². The van der Waals surface area contributed by atoms with Crippen molar-refractivity contribution in [2.24, 2.45) is 0 Å². The van der Waals surface area contributed by atoms with Gasteiger partial charge in [0.15, 0.2) is 6.61 Å². The van der Waals surface area contributed by atoms with E-state index < -0.39 is 18.5 Å². The molecule has 0 aliphatic heterocycles. The van der Waals surface area contributed by atoms with Crippen LogP contribution in [0.1, 0.15) is 22.3 Å². The number of aryl methyl sites for hydroxylation is 1. The van der Waals surface area contributed by atoms with Crippen LogP contribution in [0.2, 0.25) is 0 Å². The fraction of sp³-hybridized carbons (Fsp3) is 0.217. The summed E-state index contributed by atoms with van der Waals surface area (Å²) in [6.45, 7) is 1.74. The van der Waals surface area contributed by atoms with Crippen LogP contribution in [0.4, 0.5) is 0 Å². The Morgan fingerprint density at radius 1 is 1.19 bits per heavy atom. The number of carbonyl (C=O) groups is 2. The predicted molar refractivity (Wildman–Crippen MR) is 114 cm³/mol. The summed E-state index contributed by atoms with van der Waals surface area (Å²) < 4.78 is 12.1. The highest BCUT2D eigenvalue weighted by atomic mass is 16.5. The quantitative estimate of drug-likeness (QED) is 0.445. The molecular formula is C23H22N4O4. The first-order chi connectivity index (χ1) is 15.0. The maximum absolute atomic E-state index is 12.8. The molecule has 8 nitrogen and oxygen atoms in total. The van der Waals surface area contributed by atoms with Crippen molar-refractivity contribution in [2.45, 2.75) is 13.3 Å². The Morgan fingerprint density at radius 2 is 1.97 bits per heavy atom. The maximum Gasteiger partial charge on any atom is 0.342 e. The molecule has 1 heterocycles. The fourth-order valence-electron chi connectivity index (χ4n) is 2.85. The average molecular weight is 418 g/mol. The smallest absolute Gasteiger partial charge is 0.342 e. The van der Waals surface area contributed by atoms with E-state index in [1.165, 1.54) is 0 Å². The van der Waals surface area contributed by atoms with Gasteiger partial charge in [-0.1, -0.05) is 29.8 Å². The first-order valence-electron chi connectivity index (χ1n) is 9.63. The minimum atomic E-state index is -0.674. The fourth-order valence-corrected chi connectivity index (χ4v) is 2.85. The molecule has 31 heavy (non-hydrogen) atoms. The minimum absolute atomic E-state index is 0.184. The van der Waals surface area contributed by atoms with Crippen LogP contribution in [-0.4, -0.2) is 41.9 Å². The van der Waals surface area contributed by atoms with Gasteiger partial charge in [-0.15, -0.1) is 0 Å². The van der Waals surface area contributed by atoms with Gasteiger partial charge in [0.05, 0.1) is 25.3 Å². The van der Waals surface area contributed by atoms with Crippen molar-refractivity contribution in [1.82, 2.24) is 15.1 Å². The zero-order chi connectivity index (χ0) is 22.2. The summed E-state index contributed by atoms with van der Waals surface area (Å²) in [6.07, 6.45) is 1.76. The summed E-state index contributed by atoms with van der Waals surface area (Å²) in [7, 11) is 1.56. The molecule has 0 spiro atoms. The largest absolute Gasteiger partial charge is 0.497 e. The first kappa shape index (κ1) is 21.6. The van der Waals surface area contributed by atoms with E-state index in [0.29, 0.717) is 17.0 Å². The number of amides is 1. The number of aromatic nitrogens is 2. The molecule has 0 saturated heterocycles. The zero-order valence-corrected chi connectivity index (χ0v) is 17.3. The number of benzene rings is 2. The molecule has 1 amide bonds. The topological polar surface area (TPSA) is 106 Å². The van der Waals surface area contributed by atoms with Crippen LogP contribution in [0.25, 0.3) is 16.9 Å². The molecule has 0 aliphatic rings. The van der Waals surface area contributed by atoms with Crippen molar-refractivity contribution >= 4 is 11.9 Å².